The van der Waals surface area contributed by atoms with Crippen LogP contribution in [0.25, 0.3) is 0 Å². The van der Waals surface area contributed by atoms with Gasteiger partial charge in [-0.05, 0) is 42.9 Å². The van der Waals surface area contributed by atoms with Crippen LogP contribution in [0.3, 0.4) is 0 Å². The van der Waals surface area contributed by atoms with Crippen LogP contribution in [0.1, 0.15) is 36.5 Å². The highest BCUT2D eigenvalue weighted by Crippen LogP contribution is 2.22. The summed E-state index contributed by atoms with van der Waals surface area (Å²) in [6, 6.07) is 13.7. The highest BCUT2D eigenvalue weighted by Gasteiger charge is 2.14. The second kappa shape index (κ2) is 12.7. The third kappa shape index (κ3) is 7.88. The molecule has 0 radical (unpaired) electrons. The van der Waals surface area contributed by atoms with E-state index >= 15 is 0 Å². The number of ether oxygens (including phenoxy) is 2. The van der Waals surface area contributed by atoms with Crippen molar-refractivity contribution in [3.8, 4) is 11.5 Å². The molecular weight excluding hydrogens is 426 g/mol. The Morgan fingerprint density at radius 3 is 2.40 bits per heavy atom. The van der Waals surface area contributed by atoms with Crippen molar-refractivity contribution in [1.29, 1.82) is 0 Å². The minimum atomic E-state index is -0.494. The second-order valence-electron chi connectivity index (χ2n) is 6.23. The minimum Gasteiger partial charge on any atom is -0.493 e. The van der Waals surface area contributed by atoms with E-state index in [-0.39, 0.29) is 11.7 Å². The van der Waals surface area contributed by atoms with Gasteiger partial charge in [-0.25, -0.2) is 0 Å². The van der Waals surface area contributed by atoms with Crippen molar-refractivity contribution >= 4 is 40.7 Å². The van der Waals surface area contributed by atoms with E-state index in [1.807, 2.05) is 0 Å². The summed E-state index contributed by atoms with van der Waals surface area (Å²) in [5.74, 6) is -0.0712. The predicted molar refractivity (Wildman–Crippen MR) is 120 cm³/mol. The maximum absolute atomic E-state index is 12.5. The monoisotopic (exact) mass is 449 g/mol. The molecule has 3 N–H and O–H groups in total. The van der Waals surface area contributed by atoms with Crippen molar-refractivity contribution in [1.82, 2.24) is 16.2 Å². The van der Waals surface area contributed by atoms with E-state index in [9.17, 15) is 9.59 Å². The molecule has 0 heterocycles. The van der Waals surface area contributed by atoms with Gasteiger partial charge in [0.15, 0.2) is 11.7 Å². The van der Waals surface area contributed by atoms with Crippen molar-refractivity contribution in [3.05, 3.63) is 59.1 Å². The first-order valence-corrected chi connectivity index (χ1v) is 10.3. The molecule has 9 heteroatoms. The number of halogens is 1. The maximum Gasteiger partial charge on any atom is 0.276 e. The molecule has 2 aromatic carbocycles. The van der Waals surface area contributed by atoms with Crippen LogP contribution >= 0.6 is 23.8 Å². The smallest absolute Gasteiger partial charge is 0.276 e. The highest BCUT2D eigenvalue weighted by atomic mass is 35.5. The fourth-order valence-corrected chi connectivity index (χ4v) is 2.72. The normalized spacial score (nSPS) is 10.1. The summed E-state index contributed by atoms with van der Waals surface area (Å²) in [5, 5.41) is 2.84. The summed E-state index contributed by atoms with van der Waals surface area (Å²) in [5.41, 5.74) is 5.16. The summed E-state index contributed by atoms with van der Waals surface area (Å²) < 4.78 is 11.0. The molecule has 7 nitrogen and oxygen atoms in total. The number of unbranched alkanes of at least 4 members (excludes halogenated alkanes) is 2. The Kier molecular flexibility index (Phi) is 9.90. The van der Waals surface area contributed by atoms with Crippen LogP contribution in [0, 0.1) is 0 Å². The van der Waals surface area contributed by atoms with Crippen LogP contribution in [0.15, 0.2) is 48.5 Å². The molecule has 0 aliphatic carbocycles. The van der Waals surface area contributed by atoms with E-state index in [4.69, 9.17) is 33.3 Å². The van der Waals surface area contributed by atoms with Crippen LogP contribution in [-0.4, -0.2) is 30.1 Å². The molecule has 0 spiro atoms. The van der Waals surface area contributed by atoms with E-state index in [2.05, 4.69) is 23.1 Å². The number of nitrogens with one attached hydrogen (secondary N) is 3. The van der Waals surface area contributed by atoms with E-state index in [1.54, 1.807) is 48.5 Å². The summed E-state index contributed by atoms with van der Waals surface area (Å²) >= 11 is 11.0. The Morgan fingerprint density at radius 1 is 0.967 bits per heavy atom. The average molecular weight is 450 g/mol. The van der Waals surface area contributed by atoms with Gasteiger partial charge in [-0.2, -0.15) is 0 Å². The number of hydrogen-bond acceptors (Lipinski definition) is 5. The summed E-state index contributed by atoms with van der Waals surface area (Å²) in [6.45, 7) is 2.36. The number of rotatable bonds is 9. The molecule has 0 atom stereocenters. The Bertz CT molecular complexity index is 879. The molecule has 30 heavy (non-hydrogen) atoms. The number of carbonyl (C=O) groups excluding carboxylic acids is 2. The zero-order chi connectivity index (χ0) is 21.8. The minimum absolute atomic E-state index is 0.0631. The quantitative estimate of drug-likeness (QED) is 0.308. The zero-order valence-corrected chi connectivity index (χ0v) is 18.1. The number of carbonyl (C=O) groups is 2. The summed E-state index contributed by atoms with van der Waals surface area (Å²) in [4.78, 5) is 24.4. The van der Waals surface area contributed by atoms with Crippen LogP contribution in [0.2, 0.25) is 5.02 Å². The van der Waals surface area contributed by atoms with E-state index < -0.39 is 11.8 Å². The molecule has 0 unspecified atom stereocenters. The third-order valence-electron chi connectivity index (χ3n) is 3.88. The molecule has 2 aromatic rings. The van der Waals surface area contributed by atoms with Gasteiger partial charge in [0.25, 0.3) is 11.8 Å². The van der Waals surface area contributed by atoms with Gasteiger partial charge in [-0.15, -0.1) is 0 Å². The molecule has 0 aliphatic heterocycles. The number of thiocarbonyl (C=S) groups is 1. The Labute approximate surface area is 186 Å². The lowest BCUT2D eigenvalue weighted by molar-refractivity contribution is -0.123. The first-order chi connectivity index (χ1) is 14.5. The van der Waals surface area contributed by atoms with Crippen LogP contribution in [0.4, 0.5) is 0 Å². The van der Waals surface area contributed by atoms with Gasteiger partial charge in [0.05, 0.1) is 17.2 Å². The Hall–Kier alpha value is -2.84. The van der Waals surface area contributed by atoms with Gasteiger partial charge in [-0.3, -0.25) is 25.8 Å². The first-order valence-electron chi connectivity index (χ1n) is 9.50. The van der Waals surface area contributed by atoms with Crippen molar-refractivity contribution in [2.75, 3.05) is 13.2 Å². The summed E-state index contributed by atoms with van der Waals surface area (Å²) in [7, 11) is 0. The van der Waals surface area contributed by atoms with Gasteiger partial charge in [0, 0.05) is 0 Å². The van der Waals surface area contributed by atoms with Gasteiger partial charge < -0.3 is 9.47 Å². The number of hydrazine groups is 1. The molecule has 0 saturated heterocycles. The highest BCUT2D eigenvalue weighted by molar-refractivity contribution is 7.80. The number of amides is 2. The molecule has 2 amide bonds. The number of benzene rings is 2. The molecule has 0 aromatic heterocycles. The van der Waals surface area contributed by atoms with Crippen LogP contribution < -0.4 is 25.6 Å². The first kappa shape index (κ1) is 23.4. The fraction of sp³-hybridized carbons (Fsp3) is 0.286. The molecule has 0 aliphatic rings. The SMILES string of the molecule is CCCCCOc1ccccc1C(=O)NC(=S)NNC(=O)COc1ccccc1Cl. The van der Waals surface area contributed by atoms with Crippen molar-refractivity contribution in [3.63, 3.8) is 0 Å². The van der Waals surface area contributed by atoms with Crippen molar-refractivity contribution in [2.24, 2.45) is 0 Å². The standard InChI is InChI=1S/C21H24ClN3O4S/c1-2-3-8-13-28-17-11-6-4-9-15(17)20(27)23-21(30)25-24-19(26)14-29-18-12-7-5-10-16(18)22/h4-7,9-12H,2-3,8,13-14H2,1H3,(H,24,26)(H2,23,25,27,30). The predicted octanol–water partition coefficient (Wildman–Crippen LogP) is 3.62. The van der Waals surface area contributed by atoms with Gasteiger partial charge in [-0.1, -0.05) is 55.6 Å². The average Bonchev–Trinajstić information content (AvgIpc) is 2.75. The van der Waals surface area contributed by atoms with Gasteiger partial charge in [0.1, 0.15) is 11.5 Å². The molecular formula is C21H24ClN3O4S. The van der Waals surface area contributed by atoms with Crippen LogP contribution in [0.5, 0.6) is 11.5 Å². The molecule has 0 saturated carbocycles. The fourth-order valence-electron chi connectivity index (χ4n) is 2.38. The third-order valence-corrected chi connectivity index (χ3v) is 4.39. The van der Waals surface area contributed by atoms with Crippen molar-refractivity contribution in [2.45, 2.75) is 26.2 Å². The Morgan fingerprint density at radius 2 is 1.67 bits per heavy atom. The number of hydrogen-bond donors (Lipinski definition) is 3. The lowest BCUT2D eigenvalue weighted by Gasteiger charge is -2.14. The second-order valence-corrected chi connectivity index (χ2v) is 7.04. The van der Waals surface area contributed by atoms with Gasteiger partial charge >= 0.3 is 0 Å². The molecule has 0 bridgehead atoms. The largest absolute Gasteiger partial charge is 0.493 e. The summed E-state index contributed by atoms with van der Waals surface area (Å²) in [6.07, 6.45) is 3.05. The number of para-hydroxylation sites is 2. The molecule has 160 valence electrons. The maximum atomic E-state index is 12.5. The van der Waals surface area contributed by atoms with E-state index in [0.717, 1.165) is 19.3 Å². The topological polar surface area (TPSA) is 88.7 Å². The lowest BCUT2D eigenvalue weighted by Crippen LogP contribution is -2.49. The van der Waals surface area contributed by atoms with Crippen LogP contribution in [-0.2, 0) is 4.79 Å². The van der Waals surface area contributed by atoms with Gasteiger partial charge in [0.2, 0.25) is 0 Å². The molecule has 2 rings (SSSR count). The zero-order valence-electron chi connectivity index (χ0n) is 16.6. The lowest BCUT2D eigenvalue weighted by atomic mass is 10.2. The van der Waals surface area contributed by atoms with E-state index in [0.29, 0.717) is 28.7 Å². The van der Waals surface area contributed by atoms with E-state index in [1.165, 1.54) is 0 Å². The molecule has 0 fully saturated rings. The Balaban J connectivity index is 1.78. The van der Waals surface area contributed by atoms with Crippen molar-refractivity contribution < 1.29 is 19.1 Å².